The molecule has 0 saturated carbocycles. The Kier molecular flexibility index (Phi) is 3.16. The summed E-state index contributed by atoms with van der Waals surface area (Å²) in [6, 6.07) is 16.0. The number of hydrogen-bond donors (Lipinski definition) is 1. The average molecular weight is 267 g/mol. The van der Waals surface area contributed by atoms with Crippen molar-refractivity contribution in [1.29, 1.82) is 0 Å². The molecule has 1 aliphatic heterocycles. The first-order valence-electron chi connectivity index (χ1n) is 6.63. The van der Waals surface area contributed by atoms with Crippen molar-refractivity contribution in [2.45, 2.75) is 6.54 Å². The lowest BCUT2D eigenvalue weighted by molar-refractivity contribution is -0.117. The monoisotopic (exact) mass is 267 g/mol. The van der Waals surface area contributed by atoms with Crippen LogP contribution in [-0.4, -0.2) is 19.5 Å². The lowest BCUT2D eigenvalue weighted by atomic mass is 10.1. The van der Waals surface area contributed by atoms with Crippen LogP contribution in [0.3, 0.4) is 0 Å². The average Bonchev–Trinajstić information content (AvgIpc) is 2.51. The van der Waals surface area contributed by atoms with Gasteiger partial charge in [0, 0.05) is 19.3 Å². The minimum atomic E-state index is 0.0894. The number of para-hydroxylation sites is 2. The minimum Gasteiger partial charge on any atom is -0.330 e. The molecule has 2 N–H and O–H groups in total. The van der Waals surface area contributed by atoms with Crippen molar-refractivity contribution in [2.24, 2.45) is 5.73 Å². The van der Waals surface area contributed by atoms with Crippen LogP contribution < -0.4 is 15.5 Å². The fraction of sp³-hybridized carbons (Fsp3) is 0.188. The van der Waals surface area contributed by atoms with Gasteiger partial charge in [-0.05, 0) is 29.8 Å². The van der Waals surface area contributed by atoms with Gasteiger partial charge in [0.1, 0.15) is 6.54 Å². The van der Waals surface area contributed by atoms with E-state index in [1.54, 1.807) is 4.90 Å². The Balaban J connectivity index is 2.05. The summed E-state index contributed by atoms with van der Waals surface area (Å²) in [5, 5.41) is 0. The van der Waals surface area contributed by atoms with Gasteiger partial charge in [0.25, 0.3) is 0 Å². The lowest BCUT2D eigenvalue weighted by Crippen LogP contribution is -2.41. The van der Waals surface area contributed by atoms with Gasteiger partial charge in [-0.2, -0.15) is 0 Å². The topological polar surface area (TPSA) is 49.6 Å². The third-order valence-corrected chi connectivity index (χ3v) is 3.69. The molecule has 4 heteroatoms. The molecule has 4 nitrogen and oxygen atoms in total. The van der Waals surface area contributed by atoms with E-state index in [0.717, 1.165) is 22.6 Å². The Hall–Kier alpha value is -2.33. The first kappa shape index (κ1) is 12.7. The quantitative estimate of drug-likeness (QED) is 0.908. The molecule has 20 heavy (non-hydrogen) atoms. The maximum Gasteiger partial charge on any atom is 0.246 e. The fourth-order valence-electron chi connectivity index (χ4n) is 2.48. The van der Waals surface area contributed by atoms with E-state index in [4.69, 9.17) is 5.73 Å². The van der Waals surface area contributed by atoms with Crippen molar-refractivity contribution in [3.8, 4) is 0 Å². The van der Waals surface area contributed by atoms with Crippen LogP contribution in [-0.2, 0) is 11.3 Å². The third-order valence-electron chi connectivity index (χ3n) is 3.69. The number of benzene rings is 2. The number of fused-ring (bicyclic) bond motifs is 1. The number of nitrogens with zero attached hydrogens (tertiary/aromatic N) is 2. The molecule has 0 atom stereocenters. The molecule has 1 amide bonds. The van der Waals surface area contributed by atoms with E-state index >= 15 is 0 Å². The standard InChI is InChI=1S/C16H17N3O/c1-18-14-4-2-3-5-15(14)19(11-16(18)20)13-8-6-12(10-17)7-9-13/h2-9H,10-11,17H2,1H3. The highest BCUT2D eigenvalue weighted by Crippen LogP contribution is 2.37. The zero-order valence-corrected chi connectivity index (χ0v) is 11.4. The predicted molar refractivity (Wildman–Crippen MR) is 81.2 cm³/mol. The van der Waals surface area contributed by atoms with Gasteiger partial charge in [-0.3, -0.25) is 4.79 Å². The second-order valence-electron chi connectivity index (χ2n) is 4.90. The molecule has 2 aromatic rings. The molecule has 0 bridgehead atoms. The smallest absolute Gasteiger partial charge is 0.246 e. The van der Waals surface area contributed by atoms with Crippen LogP contribution in [0.15, 0.2) is 48.5 Å². The highest BCUT2D eigenvalue weighted by Gasteiger charge is 2.26. The van der Waals surface area contributed by atoms with Crippen molar-refractivity contribution < 1.29 is 4.79 Å². The summed E-state index contributed by atoms with van der Waals surface area (Å²) in [6.07, 6.45) is 0. The number of anilines is 3. The van der Waals surface area contributed by atoms with Crippen molar-refractivity contribution in [2.75, 3.05) is 23.4 Å². The van der Waals surface area contributed by atoms with E-state index in [-0.39, 0.29) is 5.91 Å². The van der Waals surface area contributed by atoms with Crippen LogP contribution >= 0.6 is 0 Å². The lowest BCUT2D eigenvalue weighted by Gasteiger charge is -2.35. The first-order valence-corrected chi connectivity index (χ1v) is 6.63. The van der Waals surface area contributed by atoms with E-state index in [2.05, 4.69) is 0 Å². The summed E-state index contributed by atoms with van der Waals surface area (Å²) in [5.41, 5.74) is 9.70. The van der Waals surface area contributed by atoms with Gasteiger partial charge in [0.2, 0.25) is 5.91 Å². The second kappa shape index (κ2) is 4.98. The van der Waals surface area contributed by atoms with E-state index < -0.39 is 0 Å². The summed E-state index contributed by atoms with van der Waals surface area (Å²) < 4.78 is 0. The summed E-state index contributed by atoms with van der Waals surface area (Å²) in [7, 11) is 1.82. The number of amides is 1. The summed E-state index contributed by atoms with van der Waals surface area (Å²) >= 11 is 0. The maximum atomic E-state index is 12.1. The largest absolute Gasteiger partial charge is 0.330 e. The zero-order valence-electron chi connectivity index (χ0n) is 11.4. The summed E-state index contributed by atoms with van der Waals surface area (Å²) in [5.74, 6) is 0.0894. The van der Waals surface area contributed by atoms with Gasteiger partial charge in [-0.1, -0.05) is 24.3 Å². The molecule has 0 unspecified atom stereocenters. The van der Waals surface area contributed by atoms with Gasteiger partial charge in [-0.25, -0.2) is 0 Å². The van der Waals surface area contributed by atoms with Crippen molar-refractivity contribution in [1.82, 2.24) is 0 Å². The molecule has 1 aliphatic rings. The maximum absolute atomic E-state index is 12.1. The zero-order chi connectivity index (χ0) is 14.1. The molecule has 0 saturated heterocycles. The molecule has 0 radical (unpaired) electrons. The predicted octanol–water partition coefficient (Wildman–Crippen LogP) is 2.26. The summed E-state index contributed by atoms with van der Waals surface area (Å²) in [4.78, 5) is 15.9. The Labute approximate surface area is 118 Å². The fourth-order valence-corrected chi connectivity index (χ4v) is 2.48. The molecular formula is C16H17N3O. The van der Waals surface area contributed by atoms with Crippen LogP contribution in [0.5, 0.6) is 0 Å². The van der Waals surface area contributed by atoms with Crippen LogP contribution in [0.2, 0.25) is 0 Å². The van der Waals surface area contributed by atoms with Crippen molar-refractivity contribution in [3.63, 3.8) is 0 Å². The normalized spacial score (nSPS) is 14.4. The molecule has 0 aromatic heterocycles. The number of carbonyl (C=O) groups is 1. The number of hydrogen-bond acceptors (Lipinski definition) is 3. The van der Waals surface area contributed by atoms with Crippen LogP contribution in [0.25, 0.3) is 0 Å². The summed E-state index contributed by atoms with van der Waals surface area (Å²) in [6.45, 7) is 0.883. The molecule has 0 aliphatic carbocycles. The van der Waals surface area contributed by atoms with Gasteiger partial charge >= 0.3 is 0 Å². The van der Waals surface area contributed by atoms with Crippen molar-refractivity contribution >= 4 is 23.0 Å². The van der Waals surface area contributed by atoms with Crippen LogP contribution in [0.1, 0.15) is 5.56 Å². The molecule has 102 valence electrons. The molecule has 2 aromatic carbocycles. The Bertz CT molecular complexity index is 636. The molecule has 3 rings (SSSR count). The Morgan fingerprint density at radius 1 is 1.05 bits per heavy atom. The number of likely N-dealkylation sites (N-methyl/N-ethyl adjacent to an activating group) is 1. The number of nitrogens with two attached hydrogens (primary N) is 1. The molecule has 1 heterocycles. The number of carbonyl (C=O) groups excluding carboxylic acids is 1. The molecular weight excluding hydrogens is 250 g/mol. The van der Waals surface area contributed by atoms with Crippen LogP contribution in [0, 0.1) is 0 Å². The highest BCUT2D eigenvalue weighted by molar-refractivity contribution is 6.04. The van der Waals surface area contributed by atoms with E-state index in [9.17, 15) is 4.79 Å². The molecule has 0 fully saturated rings. The molecule has 0 spiro atoms. The van der Waals surface area contributed by atoms with Crippen molar-refractivity contribution in [3.05, 3.63) is 54.1 Å². The van der Waals surface area contributed by atoms with Gasteiger partial charge in [0.15, 0.2) is 0 Å². The van der Waals surface area contributed by atoms with Gasteiger partial charge in [0.05, 0.1) is 11.4 Å². The Morgan fingerprint density at radius 2 is 1.70 bits per heavy atom. The third kappa shape index (κ3) is 2.04. The minimum absolute atomic E-state index is 0.0894. The number of rotatable bonds is 2. The van der Waals surface area contributed by atoms with E-state index in [0.29, 0.717) is 13.1 Å². The van der Waals surface area contributed by atoms with E-state index in [1.807, 2.05) is 60.5 Å². The van der Waals surface area contributed by atoms with E-state index in [1.165, 1.54) is 0 Å². The SMILES string of the molecule is CN1C(=O)CN(c2ccc(CN)cc2)c2ccccc21. The Morgan fingerprint density at radius 3 is 2.35 bits per heavy atom. The highest BCUT2D eigenvalue weighted by atomic mass is 16.2. The second-order valence-corrected chi connectivity index (χ2v) is 4.90. The first-order chi connectivity index (χ1) is 9.70. The van der Waals surface area contributed by atoms with Gasteiger partial charge < -0.3 is 15.5 Å². The van der Waals surface area contributed by atoms with Crippen LogP contribution in [0.4, 0.5) is 17.1 Å². The van der Waals surface area contributed by atoms with Gasteiger partial charge in [-0.15, -0.1) is 0 Å².